The first kappa shape index (κ1) is 17.2. The molecule has 0 aliphatic carbocycles. The van der Waals surface area contributed by atoms with E-state index < -0.39 is 5.92 Å². The molecule has 5 nitrogen and oxygen atoms in total. The van der Waals surface area contributed by atoms with Gasteiger partial charge in [0.1, 0.15) is 5.69 Å². The van der Waals surface area contributed by atoms with E-state index >= 15 is 0 Å². The highest BCUT2D eigenvalue weighted by Crippen LogP contribution is 2.37. The van der Waals surface area contributed by atoms with Crippen molar-refractivity contribution in [2.75, 3.05) is 10.6 Å². The van der Waals surface area contributed by atoms with Crippen LogP contribution in [-0.2, 0) is 12.5 Å². The monoisotopic (exact) mass is 368 g/mol. The molecule has 4 rings (SSSR count). The van der Waals surface area contributed by atoms with Crippen LogP contribution in [0.15, 0.2) is 60.8 Å². The number of anilines is 2. The summed E-state index contributed by atoms with van der Waals surface area (Å²) < 4.78 is 31.0. The summed E-state index contributed by atoms with van der Waals surface area (Å²) in [7, 11) is 0. The van der Waals surface area contributed by atoms with E-state index in [2.05, 4.69) is 5.10 Å². The van der Waals surface area contributed by atoms with Crippen LogP contribution >= 0.6 is 0 Å². The minimum absolute atomic E-state index is 0.0724. The molecular weight excluding hydrogens is 350 g/mol. The fourth-order valence-corrected chi connectivity index (χ4v) is 3.44. The molecule has 138 valence electrons. The van der Waals surface area contributed by atoms with Gasteiger partial charge in [-0.05, 0) is 19.1 Å². The number of fused-ring (bicyclic) bond motifs is 1. The predicted molar refractivity (Wildman–Crippen MR) is 98.8 cm³/mol. The highest BCUT2D eigenvalue weighted by Gasteiger charge is 2.36. The predicted octanol–water partition coefficient (Wildman–Crippen LogP) is 3.65. The van der Waals surface area contributed by atoms with Gasteiger partial charge in [-0.3, -0.25) is 9.48 Å². The Labute approximate surface area is 155 Å². The first-order valence-electron chi connectivity index (χ1n) is 8.58. The maximum Gasteiger partial charge on any atom is 0.298 e. The number of benzene rings is 2. The van der Waals surface area contributed by atoms with Gasteiger partial charge >= 0.3 is 0 Å². The summed E-state index contributed by atoms with van der Waals surface area (Å²) in [6, 6.07) is 13.3. The van der Waals surface area contributed by atoms with Gasteiger partial charge < -0.3 is 10.6 Å². The minimum atomic E-state index is -3.11. The number of carbonyl (C=O) groups is 1. The Hall–Kier alpha value is -3.22. The number of halogens is 2. The third kappa shape index (κ3) is 2.75. The largest absolute Gasteiger partial charge is 0.396 e. The average Bonchev–Trinajstić information content (AvgIpc) is 3.03. The first-order valence-corrected chi connectivity index (χ1v) is 8.58. The van der Waals surface area contributed by atoms with Gasteiger partial charge in [0.2, 0.25) is 0 Å². The molecular formula is C20H18F2N4O. The molecule has 2 heterocycles. The molecule has 1 amide bonds. The zero-order valence-electron chi connectivity index (χ0n) is 14.6. The molecule has 1 aliphatic heterocycles. The molecule has 1 aromatic heterocycles. The van der Waals surface area contributed by atoms with Crippen molar-refractivity contribution in [3.8, 4) is 0 Å². The summed E-state index contributed by atoms with van der Waals surface area (Å²) in [6.45, 7) is 2.37. The van der Waals surface area contributed by atoms with Gasteiger partial charge in [0, 0.05) is 16.8 Å². The van der Waals surface area contributed by atoms with Crippen LogP contribution in [0.1, 0.15) is 28.5 Å². The topological polar surface area (TPSA) is 64.2 Å². The second-order valence-corrected chi connectivity index (χ2v) is 6.64. The number of rotatable bonds is 3. The summed E-state index contributed by atoms with van der Waals surface area (Å²) in [6.07, 6.45) is 1.45. The van der Waals surface area contributed by atoms with Gasteiger partial charge in [0.05, 0.1) is 24.5 Å². The summed E-state index contributed by atoms with van der Waals surface area (Å²) in [5, 5.41) is 4.11. The molecule has 0 radical (unpaired) electrons. The van der Waals surface area contributed by atoms with Gasteiger partial charge in [0.15, 0.2) is 0 Å². The lowest BCUT2D eigenvalue weighted by atomic mass is 9.99. The molecule has 2 N–H and O–H groups in total. The maximum atomic E-state index is 14.7. The number of hydrogen-bond donors (Lipinski definition) is 1. The van der Waals surface area contributed by atoms with E-state index in [4.69, 9.17) is 5.73 Å². The third-order valence-corrected chi connectivity index (χ3v) is 4.81. The van der Waals surface area contributed by atoms with Crippen LogP contribution in [-0.4, -0.2) is 21.7 Å². The summed E-state index contributed by atoms with van der Waals surface area (Å²) >= 11 is 0. The number of hydrogen-bond acceptors (Lipinski definition) is 3. The number of nitrogen functional groups attached to an aromatic ring is 1. The van der Waals surface area contributed by atoms with Crippen LogP contribution in [0.25, 0.3) is 0 Å². The Morgan fingerprint density at radius 3 is 2.37 bits per heavy atom. The summed E-state index contributed by atoms with van der Waals surface area (Å²) in [5.41, 5.74) is 6.84. The van der Waals surface area contributed by atoms with Gasteiger partial charge in [-0.2, -0.15) is 13.9 Å². The van der Waals surface area contributed by atoms with Crippen molar-refractivity contribution in [3.05, 3.63) is 77.6 Å². The molecule has 1 aliphatic rings. The van der Waals surface area contributed by atoms with Crippen molar-refractivity contribution in [2.24, 2.45) is 0 Å². The molecule has 0 bridgehead atoms. The van der Waals surface area contributed by atoms with Gasteiger partial charge in [-0.1, -0.05) is 42.5 Å². The summed E-state index contributed by atoms with van der Waals surface area (Å²) in [4.78, 5) is 14.4. The van der Waals surface area contributed by atoms with Crippen LogP contribution in [0, 0.1) is 0 Å². The Kier molecular flexibility index (Phi) is 3.95. The third-order valence-electron chi connectivity index (χ3n) is 4.81. The highest BCUT2D eigenvalue weighted by molar-refractivity contribution is 6.09. The van der Waals surface area contributed by atoms with Crippen LogP contribution in [0.5, 0.6) is 0 Å². The van der Waals surface area contributed by atoms with E-state index in [1.807, 2.05) is 6.92 Å². The van der Waals surface area contributed by atoms with Crippen LogP contribution in [0.3, 0.4) is 0 Å². The van der Waals surface area contributed by atoms with Crippen LogP contribution in [0.2, 0.25) is 0 Å². The van der Waals surface area contributed by atoms with E-state index in [-0.39, 0.29) is 23.1 Å². The zero-order valence-corrected chi connectivity index (χ0v) is 14.6. The standard InChI is InChI=1S/C20H18F2N4O/c1-13-12-25-18(17(23)11-24-25)19(27)26(13)16-9-7-15(8-10-16)20(21,22)14-5-3-2-4-6-14/h2-11,13H,12,23H2,1H3/t13-/m0/s1. The van der Waals surface area contributed by atoms with Crippen LogP contribution < -0.4 is 10.6 Å². The number of aromatic nitrogens is 2. The first-order chi connectivity index (χ1) is 12.9. The van der Waals surface area contributed by atoms with Crippen molar-refractivity contribution in [2.45, 2.75) is 25.4 Å². The molecule has 1 atom stereocenters. The molecule has 3 aromatic rings. The Bertz CT molecular complexity index is 983. The van der Waals surface area contributed by atoms with Crippen molar-refractivity contribution in [1.29, 1.82) is 0 Å². The number of carbonyl (C=O) groups excluding carboxylic acids is 1. The van der Waals surface area contributed by atoms with Crippen molar-refractivity contribution in [1.82, 2.24) is 9.78 Å². The normalized spacial score (nSPS) is 17.1. The van der Waals surface area contributed by atoms with E-state index in [0.29, 0.717) is 23.6 Å². The lowest BCUT2D eigenvalue weighted by molar-refractivity contribution is 0.0428. The fourth-order valence-electron chi connectivity index (χ4n) is 3.44. The fraction of sp³-hybridized carbons (Fsp3) is 0.200. The van der Waals surface area contributed by atoms with Gasteiger partial charge in [-0.25, -0.2) is 0 Å². The van der Waals surface area contributed by atoms with E-state index in [9.17, 15) is 13.6 Å². The second-order valence-electron chi connectivity index (χ2n) is 6.64. The molecule has 0 unspecified atom stereocenters. The minimum Gasteiger partial charge on any atom is -0.396 e. The Balaban J connectivity index is 1.67. The van der Waals surface area contributed by atoms with Gasteiger partial charge in [0.25, 0.3) is 11.8 Å². The lowest BCUT2D eigenvalue weighted by Gasteiger charge is -2.34. The zero-order chi connectivity index (χ0) is 19.2. The van der Waals surface area contributed by atoms with Crippen molar-refractivity contribution in [3.63, 3.8) is 0 Å². The van der Waals surface area contributed by atoms with E-state index in [1.165, 1.54) is 30.5 Å². The number of nitrogens with two attached hydrogens (primary N) is 1. The number of amides is 1. The lowest BCUT2D eigenvalue weighted by Crippen LogP contribution is -2.47. The molecule has 0 fully saturated rings. The van der Waals surface area contributed by atoms with Gasteiger partial charge in [-0.15, -0.1) is 0 Å². The van der Waals surface area contributed by atoms with E-state index in [0.717, 1.165) is 0 Å². The van der Waals surface area contributed by atoms with Crippen LogP contribution in [0.4, 0.5) is 20.2 Å². The molecule has 0 saturated carbocycles. The summed E-state index contributed by atoms with van der Waals surface area (Å²) in [5.74, 6) is -3.40. The molecule has 0 saturated heterocycles. The highest BCUT2D eigenvalue weighted by atomic mass is 19.3. The molecule has 7 heteroatoms. The smallest absolute Gasteiger partial charge is 0.298 e. The molecule has 0 spiro atoms. The van der Waals surface area contributed by atoms with Crippen molar-refractivity contribution < 1.29 is 13.6 Å². The second kappa shape index (κ2) is 6.19. The maximum absolute atomic E-state index is 14.7. The molecule has 27 heavy (non-hydrogen) atoms. The molecule has 2 aromatic carbocycles. The SMILES string of the molecule is C[C@H]1Cn2ncc(N)c2C(=O)N1c1ccc(C(F)(F)c2ccccc2)cc1. The number of nitrogens with zero attached hydrogens (tertiary/aromatic N) is 3. The Morgan fingerprint density at radius 2 is 1.70 bits per heavy atom. The average molecular weight is 368 g/mol. The van der Waals surface area contributed by atoms with Crippen molar-refractivity contribution >= 4 is 17.3 Å². The van der Waals surface area contributed by atoms with E-state index in [1.54, 1.807) is 39.9 Å². The Morgan fingerprint density at radius 1 is 1.07 bits per heavy atom. The number of alkyl halides is 2. The quantitative estimate of drug-likeness (QED) is 0.767.